The number of hydrogen-bond donors (Lipinski definition) is 2. The van der Waals surface area contributed by atoms with E-state index < -0.39 is 5.97 Å². The lowest BCUT2D eigenvalue weighted by Crippen LogP contribution is -2.43. The number of carboxylic acid groups (broad SMARTS) is 1. The molecular weight excluding hydrogens is 232 g/mol. The number of aliphatic carboxylic acids is 1. The first kappa shape index (κ1) is 14.8. The van der Waals surface area contributed by atoms with Crippen LogP contribution in [0.15, 0.2) is 0 Å². The number of nitrogens with one attached hydrogen (secondary N) is 1. The first-order valence-electron chi connectivity index (χ1n) is 6.88. The van der Waals surface area contributed by atoms with Gasteiger partial charge in [-0.05, 0) is 18.8 Å². The third-order valence-corrected chi connectivity index (χ3v) is 3.41. The van der Waals surface area contributed by atoms with Crippen molar-refractivity contribution in [3.05, 3.63) is 0 Å². The standard InChI is InChI=1S/C13H24N2O3/c1-2-9-15(10-12(16)17)13(18)14-8-7-11-5-3-4-6-11/h11H,2-10H2,1H3,(H,14,18)(H,16,17). The Bertz CT molecular complexity index is 275. The van der Waals surface area contributed by atoms with Crippen molar-refractivity contribution in [3.8, 4) is 0 Å². The molecule has 5 nitrogen and oxygen atoms in total. The SMILES string of the molecule is CCCN(CC(=O)O)C(=O)NCCC1CCCC1. The molecular formula is C13H24N2O3. The molecule has 1 fully saturated rings. The summed E-state index contributed by atoms with van der Waals surface area (Å²) < 4.78 is 0. The van der Waals surface area contributed by atoms with Gasteiger partial charge in [-0.15, -0.1) is 0 Å². The fourth-order valence-corrected chi connectivity index (χ4v) is 2.48. The van der Waals surface area contributed by atoms with E-state index in [9.17, 15) is 9.59 Å². The molecule has 0 spiro atoms. The summed E-state index contributed by atoms with van der Waals surface area (Å²) in [6.45, 7) is 2.86. The van der Waals surface area contributed by atoms with Gasteiger partial charge in [0.15, 0.2) is 0 Å². The van der Waals surface area contributed by atoms with Crippen molar-refractivity contribution >= 4 is 12.0 Å². The summed E-state index contributed by atoms with van der Waals surface area (Å²) in [4.78, 5) is 23.8. The highest BCUT2D eigenvalue weighted by molar-refractivity contribution is 5.80. The molecule has 1 rings (SSSR count). The van der Waals surface area contributed by atoms with E-state index in [4.69, 9.17) is 5.11 Å². The van der Waals surface area contributed by atoms with Crippen LogP contribution in [0, 0.1) is 5.92 Å². The van der Waals surface area contributed by atoms with Crippen molar-refractivity contribution in [2.45, 2.75) is 45.4 Å². The first-order chi connectivity index (χ1) is 8.63. The van der Waals surface area contributed by atoms with Crippen LogP contribution >= 0.6 is 0 Å². The highest BCUT2D eigenvalue weighted by atomic mass is 16.4. The zero-order valence-corrected chi connectivity index (χ0v) is 11.2. The molecule has 0 aromatic rings. The second-order valence-corrected chi connectivity index (χ2v) is 4.99. The molecule has 2 N–H and O–H groups in total. The molecule has 0 saturated heterocycles. The van der Waals surface area contributed by atoms with E-state index >= 15 is 0 Å². The molecule has 0 aromatic carbocycles. The average Bonchev–Trinajstić information content (AvgIpc) is 2.81. The lowest BCUT2D eigenvalue weighted by Gasteiger charge is -2.21. The molecule has 104 valence electrons. The average molecular weight is 256 g/mol. The van der Waals surface area contributed by atoms with Crippen LogP contribution in [-0.2, 0) is 4.79 Å². The van der Waals surface area contributed by atoms with E-state index in [1.54, 1.807) is 0 Å². The van der Waals surface area contributed by atoms with Crippen LogP contribution in [0.1, 0.15) is 45.4 Å². The van der Waals surface area contributed by atoms with E-state index in [1.165, 1.54) is 30.6 Å². The number of carboxylic acids is 1. The van der Waals surface area contributed by atoms with Gasteiger partial charge in [-0.3, -0.25) is 4.79 Å². The fraction of sp³-hybridized carbons (Fsp3) is 0.846. The van der Waals surface area contributed by atoms with Crippen molar-refractivity contribution in [1.82, 2.24) is 10.2 Å². The zero-order chi connectivity index (χ0) is 13.4. The Balaban J connectivity index is 2.24. The minimum absolute atomic E-state index is 0.219. The van der Waals surface area contributed by atoms with Gasteiger partial charge in [-0.25, -0.2) is 4.79 Å². The largest absolute Gasteiger partial charge is 0.480 e. The van der Waals surface area contributed by atoms with E-state index in [1.807, 2.05) is 6.92 Å². The Kier molecular flexibility index (Phi) is 6.54. The number of amides is 2. The van der Waals surface area contributed by atoms with Gasteiger partial charge in [-0.2, -0.15) is 0 Å². The minimum Gasteiger partial charge on any atom is -0.480 e. The predicted octanol–water partition coefficient (Wildman–Crippen LogP) is 2.07. The summed E-state index contributed by atoms with van der Waals surface area (Å²) in [6.07, 6.45) is 6.93. The molecule has 18 heavy (non-hydrogen) atoms. The van der Waals surface area contributed by atoms with E-state index in [-0.39, 0.29) is 12.6 Å². The second kappa shape index (κ2) is 7.95. The smallest absolute Gasteiger partial charge is 0.323 e. The summed E-state index contributed by atoms with van der Waals surface area (Å²) in [5, 5.41) is 11.6. The summed E-state index contributed by atoms with van der Waals surface area (Å²) in [6, 6.07) is -0.253. The fourth-order valence-electron chi connectivity index (χ4n) is 2.48. The number of hydrogen-bond acceptors (Lipinski definition) is 2. The highest BCUT2D eigenvalue weighted by Crippen LogP contribution is 2.26. The van der Waals surface area contributed by atoms with Crippen LogP contribution in [0.3, 0.4) is 0 Å². The summed E-state index contributed by atoms with van der Waals surface area (Å²) in [7, 11) is 0. The summed E-state index contributed by atoms with van der Waals surface area (Å²) >= 11 is 0. The lowest BCUT2D eigenvalue weighted by molar-refractivity contribution is -0.137. The van der Waals surface area contributed by atoms with Crippen LogP contribution < -0.4 is 5.32 Å². The Hall–Kier alpha value is -1.26. The van der Waals surface area contributed by atoms with Gasteiger partial charge in [0.25, 0.3) is 0 Å². The Morgan fingerprint density at radius 1 is 1.33 bits per heavy atom. The highest BCUT2D eigenvalue weighted by Gasteiger charge is 2.17. The number of carbonyl (C=O) groups excluding carboxylic acids is 1. The van der Waals surface area contributed by atoms with Crippen LogP contribution in [-0.4, -0.2) is 41.6 Å². The molecule has 0 aromatic heterocycles. The quantitative estimate of drug-likeness (QED) is 0.732. The van der Waals surface area contributed by atoms with Crippen LogP contribution in [0.25, 0.3) is 0 Å². The van der Waals surface area contributed by atoms with Crippen LogP contribution in [0.5, 0.6) is 0 Å². The Morgan fingerprint density at radius 2 is 2.00 bits per heavy atom. The van der Waals surface area contributed by atoms with Crippen molar-refractivity contribution < 1.29 is 14.7 Å². The van der Waals surface area contributed by atoms with Gasteiger partial charge in [0.05, 0.1) is 0 Å². The van der Waals surface area contributed by atoms with Gasteiger partial charge >= 0.3 is 12.0 Å². The van der Waals surface area contributed by atoms with Crippen molar-refractivity contribution in [3.63, 3.8) is 0 Å². The minimum atomic E-state index is -0.964. The van der Waals surface area contributed by atoms with Gasteiger partial charge in [-0.1, -0.05) is 32.6 Å². The van der Waals surface area contributed by atoms with Crippen LogP contribution in [0.4, 0.5) is 4.79 Å². The third kappa shape index (κ3) is 5.38. The first-order valence-corrected chi connectivity index (χ1v) is 6.88. The molecule has 2 amide bonds. The predicted molar refractivity (Wildman–Crippen MR) is 69.5 cm³/mol. The maximum absolute atomic E-state index is 11.8. The van der Waals surface area contributed by atoms with E-state index in [2.05, 4.69) is 5.32 Å². The van der Waals surface area contributed by atoms with Gasteiger partial charge < -0.3 is 15.3 Å². The monoisotopic (exact) mass is 256 g/mol. The number of urea groups is 1. The molecule has 0 atom stereocenters. The number of nitrogens with zero attached hydrogens (tertiary/aromatic N) is 1. The van der Waals surface area contributed by atoms with E-state index in [0.29, 0.717) is 13.1 Å². The topological polar surface area (TPSA) is 69.6 Å². The lowest BCUT2D eigenvalue weighted by atomic mass is 10.0. The third-order valence-electron chi connectivity index (χ3n) is 3.41. The van der Waals surface area contributed by atoms with Crippen LogP contribution in [0.2, 0.25) is 0 Å². The maximum Gasteiger partial charge on any atom is 0.323 e. The van der Waals surface area contributed by atoms with Crippen molar-refractivity contribution in [2.75, 3.05) is 19.6 Å². The molecule has 0 bridgehead atoms. The second-order valence-electron chi connectivity index (χ2n) is 4.99. The molecule has 1 aliphatic carbocycles. The molecule has 0 heterocycles. The van der Waals surface area contributed by atoms with Gasteiger partial charge in [0.2, 0.25) is 0 Å². The van der Waals surface area contributed by atoms with Gasteiger partial charge in [0, 0.05) is 13.1 Å². The summed E-state index contributed by atoms with van der Waals surface area (Å²) in [5.74, 6) is -0.223. The zero-order valence-electron chi connectivity index (χ0n) is 11.2. The number of rotatable bonds is 7. The van der Waals surface area contributed by atoms with Crippen molar-refractivity contribution in [2.24, 2.45) is 5.92 Å². The normalized spacial score (nSPS) is 15.6. The Labute approximate surface area is 109 Å². The molecule has 1 aliphatic rings. The molecule has 0 radical (unpaired) electrons. The molecule has 0 aliphatic heterocycles. The molecule has 0 unspecified atom stereocenters. The van der Waals surface area contributed by atoms with E-state index in [0.717, 1.165) is 18.8 Å². The molecule has 1 saturated carbocycles. The van der Waals surface area contributed by atoms with Gasteiger partial charge in [0.1, 0.15) is 6.54 Å². The number of carbonyl (C=O) groups is 2. The van der Waals surface area contributed by atoms with Crippen molar-refractivity contribution in [1.29, 1.82) is 0 Å². The Morgan fingerprint density at radius 3 is 2.56 bits per heavy atom. The maximum atomic E-state index is 11.8. The molecule has 5 heteroatoms. The summed E-state index contributed by atoms with van der Waals surface area (Å²) in [5.41, 5.74) is 0.